The van der Waals surface area contributed by atoms with Crippen molar-refractivity contribution in [2.75, 3.05) is 43.9 Å². The number of hydrogen-bond acceptors (Lipinski definition) is 7. The van der Waals surface area contributed by atoms with Gasteiger partial charge in [0.2, 0.25) is 5.43 Å². The minimum absolute atomic E-state index is 0.0554. The molecule has 10 heteroatoms. The van der Waals surface area contributed by atoms with Crippen LogP contribution in [0.3, 0.4) is 0 Å². The quantitative estimate of drug-likeness (QED) is 0.195. The Bertz CT molecular complexity index is 1770. The summed E-state index contributed by atoms with van der Waals surface area (Å²) in [7, 11) is 1.93. The molecular weight excluding hydrogens is 523 g/mol. The van der Waals surface area contributed by atoms with Gasteiger partial charge in [-0.3, -0.25) is 9.59 Å². The van der Waals surface area contributed by atoms with Gasteiger partial charge in [0, 0.05) is 45.5 Å². The Morgan fingerprint density at radius 2 is 2.02 bits per heavy atom. The number of aromatic nitrogens is 1. The van der Waals surface area contributed by atoms with Gasteiger partial charge in [-0.2, -0.15) is 0 Å². The summed E-state index contributed by atoms with van der Waals surface area (Å²) in [5, 5.41) is 4.80. The summed E-state index contributed by atoms with van der Waals surface area (Å²) in [6.07, 6.45) is 5.47. The fourth-order valence-corrected chi connectivity index (χ4v) is 5.73. The third kappa shape index (κ3) is 4.54. The molecule has 0 spiro atoms. The Morgan fingerprint density at radius 1 is 1.27 bits per heavy atom. The van der Waals surface area contributed by atoms with Gasteiger partial charge in [0.15, 0.2) is 17.3 Å². The molecule has 4 aromatic rings. The van der Waals surface area contributed by atoms with Gasteiger partial charge in [-0.05, 0) is 48.4 Å². The summed E-state index contributed by atoms with van der Waals surface area (Å²) in [4.78, 5) is 31.2. The van der Waals surface area contributed by atoms with Crippen LogP contribution in [0, 0.1) is 5.82 Å². The number of unbranched alkanes of at least 4 members (excludes halogenated alkanes) is 1. The normalized spacial score (nSPS) is 15.6. The number of carbonyl (C=O) groups excluding carboxylic acids is 1. The lowest BCUT2D eigenvalue weighted by Gasteiger charge is -2.29. The Balaban J connectivity index is 1.53. The molecule has 2 aliphatic heterocycles. The van der Waals surface area contributed by atoms with E-state index in [4.69, 9.17) is 16.2 Å². The summed E-state index contributed by atoms with van der Waals surface area (Å²) in [5.74, 6) is -0.767. The van der Waals surface area contributed by atoms with Crippen molar-refractivity contribution < 1.29 is 13.9 Å². The summed E-state index contributed by atoms with van der Waals surface area (Å²) in [6, 6.07) is 11.4. The van der Waals surface area contributed by atoms with Crippen molar-refractivity contribution in [3.05, 3.63) is 77.0 Å². The van der Waals surface area contributed by atoms with Gasteiger partial charge in [0.1, 0.15) is 16.8 Å². The average Bonchev–Trinajstić information content (AvgIpc) is 3.40. The summed E-state index contributed by atoms with van der Waals surface area (Å²) in [5.41, 5.74) is 12.7. The SMILES string of the molecule is C=CN(C)CCCCNC(=O)c1cn2c3c(c(N)c(F)c(N4CC[C@H](N)C4)c3c1=O)Oc1cc3ccccc3cc1-2. The van der Waals surface area contributed by atoms with E-state index in [-0.39, 0.29) is 34.1 Å². The number of pyridine rings is 1. The van der Waals surface area contributed by atoms with Crippen LogP contribution in [0.2, 0.25) is 0 Å². The number of nitrogens with zero attached hydrogens (tertiary/aromatic N) is 3. The van der Waals surface area contributed by atoms with Crippen LogP contribution in [0.5, 0.6) is 11.5 Å². The van der Waals surface area contributed by atoms with Crippen LogP contribution in [0.1, 0.15) is 29.6 Å². The van der Waals surface area contributed by atoms with E-state index in [1.165, 1.54) is 6.20 Å². The standard InChI is InChI=1S/C31H33FN6O3/c1-3-36(2)12-7-6-11-35-31(40)21-17-38-22-14-18-8-4-5-9-19(18)15-23(22)41-30-26(34)25(32)27(24(28(30)38)29(21)39)37-13-10-20(33)16-37/h3-5,8-9,14-15,17,20H,1,6-7,10-13,16,33-34H2,2H3,(H,35,40)/t20-/m0/s1. The molecule has 1 saturated heterocycles. The average molecular weight is 557 g/mol. The van der Waals surface area contributed by atoms with Crippen molar-refractivity contribution in [3.8, 4) is 17.2 Å². The number of fused-ring (bicyclic) bond motifs is 3. The number of anilines is 2. The van der Waals surface area contributed by atoms with Gasteiger partial charge < -0.3 is 35.9 Å². The van der Waals surface area contributed by atoms with Gasteiger partial charge in [0.25, 0.3) is 5.91 Å². The van der Waals surface area contributed by atoms with Crippen LogP contribution in [-0.4, -0.2) is 54.6 Å². The number of rotatable bonds is 8. The highest BCUT2D eigenvalue weighted by Crippen LogP contribution is 2.48. The number of nitrogen functional groups attached to an aromatic ring is 1. The Kier molecular flexibility index (Phi) is 6.78. The maximum Gasteiger partial charge on any atom is 0.256 e. The number of hydrogen-bond donors (Lipinski definition) is 3. The summed E-state index contributed by atoms with van der Waals surface area (Å²) in [6.45, 7) is 5.76. The third-order valence-corrected chi connectivity index (χ3v) is 7.97. The Labute approximate surface area is 236 Å². The second-order valence-electron chi connectivity index (χ2n) is 10.8. The lowest BCUT2D eigenvalue weighted by molar-refractivity contribution is 0.0951. The molecule has 41 heavy (non-hydrogen) atoms. The van der Waals surface area contributed by atoms with Crippen molar-refractivity contribution in [3.63, 3.8) is 0 Å². The van der Waals surface area contributed by atoms with Crippen LogP contribution < -0.4 is 31.8 Å². The lowest BCUT2D eigenvalue weighted by Crippen LogP contribution is -2.33. The van der Waals surface area contributed by atoms with Crippen LogP contribution >= 0.6 is 0 Å². The maximum atomic E-state index is 16.1. The molecule has 0 bridgehead atoms. The van der Waals surface area contributed by atoms with E-state index in [0.717, 1.165) is 30.2 Å². The van der Waals surface area contributed by atoms with Gasteiger partial charge in [-0.1, -0.05) is 30.8 Å². The first-order chi connectivity index (χ1) is 19.8. The number of nitrogens with two attached hydrogens (primary N) is 2. The van der Waals surface area contributed by atoms with E-state index in [0.29, 0.717) is 43.0 Å². The van der Waals surface area contributed by atoms with Crippen molar-refractivity contribution >= 4 is 39.0 Å². The van der Waals surface area contributed by atoms with Crippen molar-refractivity contribution in [2.24, 2.45) is 5.73 Å². The second kappa shape index (κ2) is 10.4. The minimum Gasteiger partial charge on any atom is -0.451 e. The third-order valence-electron chi connectivity index (χ3n) is 7.97. The van der Waals surface area contributed by atoms with Crippen LogP contribution in [0.25, 0.3) is 27.4 Å². The predicted molar refractivity (Wildman–Crippen MR) is 161 cm³/mol. The van der Waals surface area contributed by atoms with E-state index in [2.05, 4.69) is 11.9 Å². The number of amides is 1. The zero-order chi connectivity index (χ0) is 28.8. The zero-order valence-corrected chi connectivity index (χ0v) is 23.0. The van der Waals surface area contributed by atoms with Gasteiger partial charge in [0.05, 0.1) is 16.8 Å². The first-order valence-electron chi connectivity index (χ1n) is 13.8. The van der Waals surface area contributed by atoms with Crippen LogP contribution in [0.15, 0.2) is 60.2 Å². The van der Waals surface area contributed by atoms with Gasteiger partial charge in [-0.15, -0.1) is 0 Å². The molecule has 212 valence electrons. The topological polar surface area (TPSA) is 119 Å². The molecule has 5 N–H and O–H groups in total. The lowest BCUT2D eigenvalue weighted by atomic mass is 10.0. The fourth-order valence-electron chi connectivity index (χ4n) is 5.73. The predicted octanol–water partition coefficient (Wildman–Crippen LogP) is 4.09. The van der Waals surface area contributed by atoms with Crippen molar-refractivity contribution in [1.82, 2.24) is 14.8 Å². The van der Waals surface area contributed by atoms with E-state index in [9.17, 15) is 9.59 Å². The molecule has 3 aromatic carbocycles. The zero-order valence-electron chi connectivity index (χ0n) is 23.0. The highest BCUT2D eigenvalue weighted by atomic mass is 19.1. The van der Waals surface area contributed by atoms with Crippen LogP contribution in [-0.2, 0) is 0 Å². The van der Waals surface area contributed by atoms with Gasteiger partial charge in [-0.25, -0.2) is 4.39 Å². The molecule has 6 rings (SSSR count). The first-order valence-corrected chi connectivity index (χ1v) is 13.8. The molecule has 1 fully saturated rings. The molecule has 0 radical (unpaired) electrons. The first kappa shape index (κ1) is 26.6. The smallest absolute Gasteiger partial charge is 0.256 e. The second-order valence-corrected chi connectivity index (χ2v) is 10.8. The minimum atomic E-state index is -0.751. The highest BCUT2D eigenvalue weighted by molar-refractivity contribution is 6.07. The molecular formula is C31H33FN6O3. The summed E-state index contributed by atoms with van der Waals surface area (Å²) < 4.78 is 24.0. The number of halogens is 1. The Hall–Kier alpha value is -4.57. The van der Waals surface area contributed by atoms with Gasteiger partial charge >= 0.3 is 0 Å². The molecule has 0 aliphatic carbocycles. The number of benzene rings is 3. The largest absolute Gasteiger partial charge is 0.451 e. The summed E-state index contributed by atoms with van der Waals surface area (Å²) >= 11 is 0. The maximum absolute atomic E-state index is 16.1. The van der Waals surface area contributed by atoms with Crippen LogP contribution in [0.4, 0.5) is 15.8 Å². The molecule has 1 atom stereocenters. The molecule has 0 saturated carbocycles. The molecule has 0 unspecified atom stereocenters. The molecule has 3 heterocycles. The van der Waals surface area contributed by atoms with E-state index >= 15 is 4.39 Å². The molecule has 2 aliphatic rings. The highest BCUT2D eigenvalue weighted by Gasteiger charge is 2.34. The monoisotopic (exact) mass is 556 g/mol. The van der Waals surface area contributed by atoms with E-state index in [1.807, 2.05) is 48.3 Å². The molecule has 9 nitrogen and oxygen atoms in total. The molecule has 1 aromatic heterocycles. The van der Waals surface area contributed by atoms with Crippen molar-refractivity contribution in [2.45, 2.75) is 25.3 Å². The molecule has 1 amide bonds. The van der Waals surface area contributed by atoms with Crippen molar-refractivity contribution in [1.29, 1.82) is 0 Å². The fraction of sp³-hybridized carbons (Fsp3) is 0.290. The van der Waals surface area contributed by atoms with E-state index < -0.39 is 17.2 Å². The Morgan fingerprint density at radius 3 is 2.73 bits per heavy atom. The number of ether oxygens (including phenoxy) is 1. The number of nitrogens with one attached hydrogen (secondary N) is 1. The van der Waals surface area contributed by atoms with E-state index in [1.54, 1.807) is 15.7 Å². The number of carbonyl (C=O) groups is 1.